The molecule has 0 spiro atoms. The van der Waals surface area contributed by atoms with Crippen LogP contribution in [-0.2, 0) is 17.7 Å². The fourth-order valence-corrected chi connectivity index (χ4v) is 2.06. The second-order valence-corrected chi connectivity index (χ2v) is 4.75. The van der Waals surface area contributed by atoms with Crippen LogP contribution in [-0.4, -0.2) is 19.1 Å². The standard InChI is InChI=1S/C17H21NO3/c1-2-20-17(19)16-11-10-15(21-16)13-18-12-6-9-14-7-4-3-5-8-14/h3-5,7-8,10-11,18H,2,6,9,12-13H2,1H3. The highest BCUT2D eigenvalue weighted by Crippen LogP contribution is 2.09. The lowest BCUT2D eigenvalue weighted by molar-refractivity contribution is 0.0488. The maximum absolute atomic E-state index is 11.5. The van der Waals surface area contributed by atoms with Crippen molar-refractivity contribution in [3.63, 3.8) is 0 Å². The van der Waals surface area contributed by atoms with Crippen molar-refractivity contribution in [1.29, 1.82) is 0 Å². The fraction of sp³-hybridized carbons (Fsp3) is 0.353. The number of furan rings is 1. The van der Waals surface area contributed by atoms with E-state index in [9.17, 15) is 4.79 Å². The fourth-order valence-electron chi connectivity index (χ4n) is 2.06. The Bertz CT molecular complexity index is 548. The van der Waals surface area contributed by atoms with E-state index in [2.05, 4.69) is 29.6 Å². The van der Waals surface area contributed by atoms with Gasteiger partial charge >= 0.3 is 5.97 Å². The summed E-state index contributed by atoms with van der Waals surface area (Å²) in [5.74, 6) is 0.600. The number of carbonyl (C=O) groups excluding carboxylic acids is 1. The summed E-state index contributed by atoms with van der Waals surface area (Å²) < 4.78 is 10.3. The van der Waals surface area contributed by atoms with Gasteiger partial charge in [-0.1, -0.05) is 30.3 Å². The number of benzene rings is 1. The zero-order valence-electron chi connectivity index (χ0n) is 12.3. The van der Waals surface area contributed by atoms with Gasteiger partial charge in [0, 0.05) is 0 Å². The SMILES string of the molecule is CCOC(=O)c1ccc(CNCCCc2ccccc2)o1. The Morgan fingerprint density at radius 3 is 2.76 bits per heavy atom. The lowest BCUT2D eigenvalue weighted by Crippen LogP contribution is -2.14. The van der Waals surface area contributed by atoms with Gasteiger partial charge in [0.05, 0.1) is 13.2 Å². The van der Waals surface area contributed by atoms with Crippen LogP contribution in [0.25, 0.3) is 0 Å². The van der Waals surface area contributed by atoms with E-state index in [4.69, 9.17) is 9.15 Å². The molecule has 1 aromatic heterocycles. The van der Waals surface area contributed by atoms with Crippen LogP contribution in [0.3, 0.4) is 0 Å². The zero-order valence-corrected chi connectivity index (χ0v) is 12.3. The maximum atomic E-state index is 11.5. The summed E-state index contributed by atoms with van der Waals surface area (Å²) in [6.07, 6.45) is 2.12. The molecule has 21 heavy (non-hydrogen) atoms. The van der Waals surface area contributed by atoms with Crippen molar-refractivity contribution in [2.75, 3.05) is 13.2 Å². The summed E-state index contributed by atoms with van der Waals surface area (Å²) >= 11 is 0. The average Bonchev–Trinajstić information content (AvgIpc) is 2.97. The molecule has 0 atom stereocenters. The van der Waals surface area contributed by atoms with Gasteiger partial charge in [0.2, 0.25) is 5.76 Å². The number of esters is 1. The monoisotopic (exact) mass is 287 g/mol. The maximum Gasteiger partial charge on any atom is 0.374 e. The Balaban J connectivity index is 1.66. The first-order chi connectivity index (χ1) is 10.3. The highest BCUT2D eigenvalue weighted by Gasteiger charge is 2.11. The molecule has 0 fully saturated rings. The van der Waals surface area contributed by atoms with Gasteiger partial charge in [-0.05, 0) is 44.0 Å². The van der Waals surface area contributed by atoms with Crippen molar-refractivity contribution in [3.05, 3.63) is 59.5 Å². The first kappa shape index (κ1) is 15.3. The third kappa shape index (κ3) is 5.08. The van der Waals surface area contributed by atoms with Crippen LogP contribution in [0.1, 0.15) is 35.2 Å². The normalized spacial score (nSPS) is 10.5. The van der Waals surface area contributed by atoms with E-state index in [0.29, 0.717) is 13.2 Å². The van der Waals surface area contributed by atoms with Crippen molar-refractivity contribution >= 4 is 5.97 Å². The minimum absolute atomic E-state index is 0.262. The first-order valence-electron chi connectivity index (χ1n) is 7.30. The predicted octanol–water partition coefficient (Wildman–Crippen LogP) is 3.18. The molecule has 0 saturated carbocycles. The minimum atomic E-state index is -0.409. The molecule has 4 heteroatoms. The molecule has 0 bridgehead atoms. The predicted molar refractivity (Wildman–Crippen MR) is 81.1 cm³/mol. The molecule has 1 aromatic carbocycles. The van der Waals surface area contributed by atoms with Crippen LogP contribution in [0.5, 0.6) is 0 Å². The summed E-state index contributed by atoms with van der Waals surface area (Å²) in [7, 11) is 0. The molecule has 1 N–H and O–H groups in total. The van der Waals surface area contributed by atoms with Crippen LogP contribution in [0.2, 0.25) is 0 Å². The van der Waals surface area contributed by atoms with Gasteiger partial charge in [0.1, 0.15) is 5.76 Å². The number of aryl methyl sites for hydroxylation is 1. The lowest BCUT2D eigenvalue weighted by atomic mass is 10.1. The smallest absolute Gasteiger partial charge is 0.374 e. The van der Waals surface area contributed by atoms with E-state index in [1.807, 2.05) is 6.07 Å². The number of nitrogens with one attached hydrogen (secondary N) is 1. The molecule has 1 heterocycles. The highest BCUT2D eigenvalue weighted by atomic mass is 16.5. The Labute approximate surface area is 125 Å². The number of hydrogen-bond donors (Lipinski definition) is 1. The van der Waals surface area contributed by atoms with Gasteiger partial charge < -0.3 is 14.5 Å². The molecule has 0 saturated heterocycles. The first-order valence-corrected chi connectivity index (χ1v) is 7.30. The van der Waals surface area contributed by atoms with Gasteiger partial charge in [-0.25, -0.2) is 4.79 Å². The lowest BCUT2D eigenvalue weighted by Gasteiger charge is -2.03. The molecule has 4 nitrogen and oxygen atoms in total. The third-order valence-corrected chi connectivity index (χ3v) is 3.10. The molecule has 0 aliphatic heterocycles. The van der Waals surface area contributed by atoms with Gasteiger partial charge in [0.15, 0.2) is 0 Å². The van der Waals surface area contributed by atoms with E-state index in [0.717, 1.165) is 25.1 Å². The van der Waals surface area contributed by atoms with E-state index in [1.54, 1.807) is 19.1 Å². The van der Waals surface area contributed by atoms with Crippen molar-refractivity contribution in [3.8, 4) is 0 Å². The van der Waals surface area contributed by atoms with Crippen LogP contribution in [0.15, 0.2) is 46.9 Å². The molecule has 112 valence electrons. The van der Waals surface area contributed by atoms with Crippen LogP contribution in [0.4, 0.5) is 0 Å². The molecule has 0 unspecified atom stereocenters. The summed E-state index contributed by atoms with van der Waals surface area (Å²) in [5.41, 5.74) is 1.35. The van der Waals surface area contributed by atoms with Gasteiger partial charge in [-0.3, -0.25) is 0 Å². The summed E-state index contributed by atoms with van der Waals surface area (Å²) in [4.78, 5) is 11.5. The second kappa shape index (κ2) is 8.27. The Kier molecular flexibility index (Phi) is 6.03. The molecular weight excluding hydrogens is 266 g/mol. The molecule has 0 aliphatic carbocycles. The highest BCUT2D eigenvalue weighted by molar-refractivity contribution is 5.86. The number of hydrogen-bond acceptors (Lipinski definition) is 4. The molecular formula is C17H21NO3. The Hall–Kier alpha value is -2.07. The quantitative estimate of drug-likeness (QED) is 0.598. The van der Waals surface area contributed by atoms with Gasteiger partial charge in [0.25, 0.3) is 0 Å². The average molecular weight is 287 g/mol. The Morgan fingerprint density at radius 2 is 2.00 bits per heavy atom. The summed E-state index contributed by atoms with van der Waals surface area (Å²) in [6, 6.07) is 13.9. The molecule has 2 rings (SSSR count). The van der Waals surface area contributed by atoms with Crippen LogP contribution >= 0.6 is 0 Å². The van der Waals surface area contributed by atoms with Gasteiger partial charge in [-0.15, -0.1) is 0 Å². The molecule has 0 radical (unpaired) electrons. The molecule has 2 aromatic rings. The Morgan fingerprint density at radius 1 is 1.19 bits per heavy atom. The van der Waals surface area contributed by atoms with E-state index in [-0.39, 0.29) is 5.76 Å². The number of rotatable bonds is 8. The largest absolute Gasteiger partial charge is 0.460 e. The van der Waals surface area contributed by atoms with Crippen molar-refractivity contribution in [1.82, 2.24) is 5.32 Å². The molecule has 0 amide bonds. The van der Waals surface area contributed by atoms with Crippen molar-refractivity contribution in [2.45, 2.75) is 26.3 Å². The van der Waals surface area contributed by atoms with Crippen LogP contribution in [0, 0.1) is 0 Å². The summed E-state index contributed by atoms with van der Waals surface area (Å²) in [5, 5.41) is 3.31. The molecule has 0 aliphatic rings. The number of carbonyl (C=O) groups is 1. The van der Waals surface area contributed by atoms with Crippen molar-refractivity contribution < 1.29 is 13.9 Å². The third-order valence-electron chi connectivity index (χ3n) is 3.10. The summed E-state index contributed by atoms with van der Waals surface area (Å²) in [6.45, 7) is 3.65. The van der Waals surface area contributed by atoms with E-state index in [1.165, 1.54) is 5.56 Å². The zero-order chi connectivity index (χ0) is 14.9. The van der Waals surface area contributed by atoms with E-state index < -0.39 is 5.97 Å². The second-order valence-electron chi connectivity index (χ2n) is 4.75. The topological polar surface area (TPSA) is 51.5 Å². The van der Waals surface area contributed by atoms with Gasteiger partial charge in [-0.2, -0.15) is 0 Å². The van der Waals surface area contributed by atoms with Crippen molar-refractivity contribution in [2.24, 2.45) is 0 Å². The van der Waals surface area contributed by atoms with Crippen LogP contribution < -0.4 is 5.32 Å². The van der Waals surface area contributed by atoms with E-state index >= 15 is 0 Å². The minimum Gasteiger partial charge on any atom is -0.460 e. The number of ether oxygens (including phenoxy) is 1.